The van der Waals surface area contributed by atoms with Crippen molar-refractivity contribution in [2.75, 3.05) is 18.5 Å². The Morgan fingerprint density at radius 3 is 2.44 bits per heavy atom. The predicted molar refractivity (Wildman–Crippen MR) is 72.3 cm³/mol. The average molecular weight is 213 g/mol. The van der Waals surface area contributed by atoms with E-state index in [4.69, 9.17) is 0 Å². The molecule has 2 aromatic carbocycles. The molecule has 0 aliphatic heterocycles. The van der Waals surface area contributed by atoms with Gasteiger partial charge in [0.15, 0.2) is 0 Å². The van der Waals surface area contributed by atoms with Gasteiger partial charge in [-0.15, -0.1) is 0 Å². The standard InChI is InChI=1S/C15H19N/c1-4-12-10-11-13-8-6-7-9-14(13)15(12)16(3)5-2/h6-11H,4-5H2,1-3H3. The molecule has 0 bridgehead atoms. The molecule has 0 atom stereocenters. The van der Waals surface area contributed by atoms with Gasteiger partial charge in [-0.1, -0.05) is 43.3 Å². The molecule has 0 heterocycles. The first-order chi connectivity index (χ1) is 7.77. The van der Waals surface area contributed by atoms with E-state index in [2.05, 4.69) is 62.2 Å². The summed E-state index contributed by atoms with van der Waals surface area (Å²) in [4.78, 5) is 2.33. The lowest BCUT2D eigenvalue weighted by atomic mass is 10.0. The molecule has 0 N–H and O–H groups in total. The van der Waals surface area contributed by atoms with Crippen molar-refractivity contribution >= 4 is 16.5 Å². The van der Waals surface area contributed by atoms with Crippen LogP contribution in [0.15, 0.2) is 36.4 Å². The number of hydrogen-bond donors (Lipinski definition) is 0. The summed E-state index contributed by atoms with van der Waals surface area (Å²) >= 11 is 0. The molecule has 2 rings (SSSR count). The third kappa shape index (κ3) is 1.78. The van der Waals surface area contributed by atoms with Crippen LogP contribution in [0.4, 0.5) is 5.69 Å². The zero-order valence-corrected chi connectivity index (χ0v) is 10.3. The van der Waals surface area contributed by atoms with Crippen molar-refractivity contribution in [2.24, 2.45) is 0 Å². The monoisotopic (exact) mass is 213 g/mol. The number of fused-ring (bicyclic) bond motifs is 1. The maximum absolute atomic E-state index is 2.33. The van der Waals surface area contributed by atoms with Crippen LogP contribution in [-0.2, 0) is 6.42 Å². The first kappa shape index (κ1) is 11.0. The number of anilines is 1. The second-order valence-electron chi connectivity index (χ2n) is 4.16. The average Bonchev–Trinajstić information content (AvgIpc) is 2.36. The third-order valence-corrected chi connectivity index (χ3v) is 3.22. The van der Waals surface area contributed by atoms with Gasteiger partial charge in [-0.25, -0.2) is 0 Å². The van der Waals surface area contributed by atoms with Crippen molar-refractivity contribution in [2.45, 2.75) is 20.3 Å². The minimum absolute atomic E-state index is 1.04. The Balaban J connectivity index is 2.72. The van der Waals surface area contributed by atoms with E-state index in [0.29, 0.717) is 0 Å². The van der Waals surface area contributed by atoms with Gasteiger partial charge < -0.3 is 4.90 Å². The lowest BCUT2D eigenvalue weighted by Crippen LogP contribution is -2.17. The molecule has 0 unspecified atom stereocenters. The number of hydrogen-bond acceptors (Lipinski definition) is 1. The van der Waals surface area contributed by atoms with Crippen LogP contribution < -0.4 is 4.90 Å². The molecule has 0 saturated carbocycles. The second kappa shape index (κ2) is 4.56. The van der Waals surface area contributed by atoms with Gasteiger partial charge in [-0.2, -0.15) is 0 Å². The molecule has 1 heteroatoms. The van der Waals surface area contributed by atoms with E-state index in [1.165, 1.54) is 22.0 Å². The van der Waals surface area contributed by atoms with E-state index in [1.807, 2.05) is 0 Å². The highest BCUT2D eigenvalue weighted by atomic mass is 15.1. The van der Waals surface area contributed by atoms with Crippen LogP contribution in [0, 0.1) is 0 Å². The van der Waals surface area contributed by atoms with Crippen LogP contribution in [0.5, 0.6) is 0 Å². The Morgan fingerprint density at radius 2 is 1.75 bits per heavy atom. The topological polar surface area (TPSA) is 3.24 Å². The highest BCUT2D eigenvalue weighted by Crippen LogP contribution is 2.30. The molecule has 0 saturated heterocycles. The van der Waals surface area contributed by atoms with E-state index >= 15 is 0 Å². The van der Waals surface area contributed by atoms with Crippen LogP contribution in [0.3, 0.4) is 0 Å². The predicted octanol–water partition coefficient (Wildman–Crippen LogP) is 3.86. The van der Waals surface area contributed by atoms with Crippen LogP contribution in [0.2, 0.25) is 0 Å². The largest absolute Gasteiger partial charge is 0.374 e. The molecule has 84 valence electrons. The number of aryl methyl sites for hydroxylation is 1. The normalized spacial score (nSPS) is 10.7. The maximum Gasteiger partial charge on any atom is 0.0475 e. The minimum Gasteiger partial charge on any atom is -0.374 e. The van der Waals surface area contributed by atoms with Crippen molar-refractivity contribution in [3.8, 4) is 0 Å². The van der Waals surface area contributed by atoms with Crippen LogP contribution >= 0.6 is 0 Å². The Kier molecular flexibility index (Phi) is 3.14. The minimum atomic E-state index is 1.04. The van der Waals surface area contributed by atoms with Gasteiger partial charge in [0.2, 0.25) is 0 Å². The van der Waals surface area contributed by atoms with Gasteiger partial charge in [0.25, 0.3) is 0 Å². The maximum atomic E-state index is 2.33. The lowest BCUT2D eigenvalue weighted by Gasteiger charge is -2.22. The highest BCUT2D eigenvalue weighted by molar-refractivity contribution is 5.95. The number of benzene rings is 2. The Labute approximate surface area is 97.7 Å². The smallest absolute Gasteiger partial charge is 0.0475 e. The number of nitrogens with zero attached hydrogens (tertiary/aromatic N) is 1. The van der Waals surface area contributed by atoms with Gasteiger partial charge in [0.1, 0.15) is 0 Å². The van der Waals surface area contributed by atoms with E-state index in [-0.39, 0.29) is 0 Å². The molecule has 0 spiro atoms. The summed E-state index contributed by atoms with van der Waals surface area (Å²) in [5, 5.41) is 2.70. The van der Waals surface area contributed by atoms with Gasteiger partial charge in [0, 0.05) is 24.7 Å². The fourth-order valence-corrected chi connectivity index (χ4v) is 2.19. The lowest BCUT2D eigenvalue weighted by molar-refractivity contribution is 0.955. The van der Waals surface area contributed by atoms with E-state index in [9.17, 15) is 0 Å². The van der Waals surface area contributed by atoms with Crippen molar-refractivity contribution < 1.29 is 0 Å². The fraction of sp³-hybridized carbons (Fsp3) is 0.333. The van der Waals surface area contributed by atoms with E-state index < -0.39 is 0 Å². The molecular weight excluding hydrogens is 194 g/mol. The SMILES string of the molecule is CCc1ccc2ccccc2c1N(C)CC. The molecule has 0 amide bonds. The van der Waals surface area contributed by atoms with Crippen molar-refractivity contribution in [1.29, 1.82) is 0 Å². The first-order valence-electron chi connectivity index (χ1n) is 5.99. The molecule has 0 aliphatic carbocycles. The molecular formula is C15H19N. The van der Waals surface area contributed by atoms with Crippen molar-refractivity contribution in [3.63, 3.8) is 0 Å². The Bertz CT molecular complexity index is 488. The van der Waals surface area contributed by atoms with Gasteiger partial charge in [-0.05, 0) is 24.3 Å². The van der Waals surface area contributed by atoms with Gasteiger partial charge in [0.05, 0.1) is 0 Å². The molecule has 16 heavy (non-hydrogen) atoms. The van der Waals surface area contributed by atoms with Crippen molar-refractivity contribution in [3.05, 3.63) is 42.0 Å². The summed E-state index contributed by atoms with van der Waals surface area (Å²) < 4.78 is 0. The number of rotatable bonds is 3. The summed E-state index contributed by atoms with van der Waals surface area (Å²) in [6, 6.07) is 13.1. The zero-order chi connectivity index (χ0) is 11.5. The summed E-state index contributed by atoms with van der Waals surface area (Å²) in [6.45, 7) is 5.46. The fourth-order valence-electron chi connectivity index (χ4n) is 2.19. The summed E-state index contributed by atoms with van der Waals surface area (Å²) in [5.74, 6) is 0. The van der Waals surface area contributed by atoms with E-state index in [1.54, 1.807) is 0 Å². The molecule has 0 radical (unpaired) electrons. The second-order valence-corrected chi connectivity index (χ2v) is 4.16. The molecule has 0 aliphatic rings. The quantitative estimate of drug-likeness (QED) is 0.748. The van der Waals surface area contributed by atoms with Gasteiger partial charge in [-0.3, -0.25) is 0 Å². The summed E-state index contributed by atoms with van der Waals surface area (Å²) in [5.41, 5.74) is 2.83. The molecule has 1 nitrogen and oxygen atoms in total. The molecule has 0 fully saturated rings. The van der Waals surface area contributed by atoms with Crippen LogP contribution in [-0.4, -0.2) is 13.6 Å². The highest BCUT2D eigenvalue weighted by Gasteiger charge is 2.08. The Hall–Kier alpha value is -1.50. The van der Waals surface area contributed by atoms with Gasteiger partial charge >= 0.3 is 0 Å². The molecule has 2 aromatic rings. The van der Waals surface area contributed by atoms with E-state index in [0.717, 1.165) is 13.0 Å². The third-order valence-electron chi connectivity index (χ3n) is 3.22. The van der Waals surface area contributed by atoms with Crippen molar-refractivity contribution in [1.82, 2.24) is 0 Å². The summed E-state index contributed by atoms with van der Waals surface area (Å²) in [6.07, 6.45) is 1.09. The molecule has 0 aromatic heterocycles. The Morgan fingerprint density at radius 1 is 1.00 bits per heavy atom. The van der Waals surface area contributed by atoms with Crippen LogP contribution in [0.1, 0.15) is 19.4 Å². The summed E-state index contributed by atoms with van der Waals surface area (Å²) in [7, 11) is 2.17. The first-order valence-corrected chi connectivity index (χ1v) is 5.99. The zero-order valence-electron chi connectivity index (χ0n) is 10.3. The van der Waals surface area contributed by atoms with Crippen LogP contribution in [0.25, 0.3) is 10.8 Å².